The van der Waals surface area contributed by atoms with Gasteiger partial charge < -0.3 is 4.98 Å². The lowest BCUT2D eigenvalue weighted by atomic mass is 10.3. The lowest BCUT2D eigenvalue weighted by Crippen LogP contribution is -2.06. The van der Waals surface area contributed by atoms with Crippen LogP contribution in [0.15, 0.2) is 40.0 Å². The summed E-state index contributed by atoms with van der Waals surface area (Å²) >= 11 is 3.25. The van der Waals surface area contributed by atoms with Crippen LogP contribution in [-0.4, -0.2) is 15.0 Å². The van der Waals surface area contributed by atoms with Crippen LogP contribution in [0.1, 0.15) is 0 Å². The number of rotatable bonds is 1. The number of H-pyrrole nitrogens is 1. The molecule has 0 saturated heterocycles. The number of nitrogens with one attached hydrogen (secondary N) is 1. The van der Waals surface area contributed by atoms with Crippen LogP contribution in [0, 0.1) is 0 Å². The summed E-state index contributed by atoms with van der Waals surface area (Å²) in [6.45, 7) is 0. The van der Waals surface area contributed by atoms with E-state index in [-0.39, 0.29) is 5.56 Å². The minimum Gasteiger partial charge on any atom is -0.318 e. The molecule has 2 aromatic heterocycles. The minimum atomic E-state index is -0.232. The van der Waals surface area contributed by atoms with Gasteiger partial charge in [0.1, 0.15) is 4.60 Å². The van der Waals surface area contributed by atoms with Gasteiger partial charge in [-0.05, 0) is 28.1 Å². The van der Waals surface area contributed by atoms with Crippen molar-refractivity contribution in [3.63, 3.8) is 0 Å². The van der Waals surface area contributed by atoms with Crippen LogP contribution < -0.4 is 5.56 Å². The quantitative estimate of drug-likeness (QED) is 0.784. The molecule has 0 unspecified atom stereocenters. The highest BCUT2D eigenvalue weighted by molar-refractivity contribution is 9.10. The van der Waals surface area contributed by atoms with Gasteiger partial charge in [0.05, 0.1) is 23.8 Å². The van der Waals surface area contributed by atoms with Gasteiger partial charge in [-0.25, -0.2) is 4.98 Å². The first-order chi connectivity index (χ1) is 6.75. The molecule has 2 heterocycles. The van der Waals surface area contributed by atoms with Crippen molar-refractivity contribution >= 4 is 15.9 Å². The Morgan fingerprint density at radius 1 is 1.29 bits per heavy atom. The summed E-state index contributed by atoms with van der Waals surface area (Å²) < 4.78 is 0.722. The summed E-state index contributed by atoms with van der Waals surface area (Å²) in [6.07, 6.45) is 2.79. The maximum Gasteiger partial charge on any atom is 0.266 e. The third kappa shape index (κ3) is 1.88. The van der Waals surface area contributed by atoms with Gasteiger partial charge in [-0.3, -0.25) is 9.78 Å². The number of nitrogens with zero attached hydrogens (tertiary/aromatic N) is 2. The first-order valence-corrected chi connectivity index (χ1v) is 4.72. The number of hydrogen-bond donors (Lipinski definition) is 1. The average molecular weight is 252 g/mol. The van der Waals surface area contributed by atoms with E-state index in [0.29, 0.717) is 11.4 Å². The van der Waals surface area contributed by atoms with Crippen molar-refractivity contribution in [3.8, 4) is 11.4 Å². The van der Waals surface area contributed by atoms with Crippen LogP contribution in [0.4, 0.5) is 0 Å². The molecule has 1 N–H and O–H groups in total. The molecule has 2 aromatic rings. The van der Waals surface area contributed by atoms with Gasteiger partial charge >= 0.3 is 0 Å². The van der Waals surface area contributed by atoms with Crippen LogP contribution in [0.2, 0.25) is 0 Å². The third-order valence-corrected chi connectivity index (χ3v) is 2.09. The van der Waals surface area contributed by atoms with E-state index in [1.807, 2.05) is 12.1 Å². The van der Waals surface area contributed by atoms with Crippen molar-refractivity contribution in [1.82, 2.24) is 15.0 Å². The summed E-state index contributed by atoms with van der Waals surface area (Å²) in [5.74, 6) is 0. The van der Waals surface area contributed by atoms with Crippen molar-refractivity contribution in [2.75, 3.05) is 0 Å². The Bertz CT molecular complexity index is 509. The molecule has 0 radical (unpaired) electrons. The standard InChI is InChI=1S/C9H6BrN3O/c10-8-3-1-2-6(12-8)7-4-11-5-9(14)13-7/h1-5H,(H,13,14). The zero-order valence-electron chi connectivity index (χ0n) is 7.07. The van der Waals surface area contributed by atoms with Crippen molar-refractivity contribution < 1.29 is 0 Å². The molecule has 4 nitrogen and oxygen atoms in total. The van der Waals surface area contributed by atoms with E-state index in [1.54, 1.807) is 12.3 Å². The highest BCUT2D eigenvalue weighted by Crippen LogP contribution is 2.14. The molecule has 0 saturated carbocycles. The van der Waals surface area contributed by atoms with Gasteiger partial charge in [-0.15, -0.1) is 0 Å². The number of hydrogen-bond acceptors (Lipinski definition) is 3. The maximum absolute atomic E-state index is 11.0. The predicted octanol–water partition coefficient (Wildman–Crippen LogP) is 1.59. The number of halogens is 1. The Morgan fingerprint density at radius 3 is 2.86 bits per heavy atom. The molecule has 0 bridgehead atoms. The van der Waals surface area contributed by atoms with Crippen LogP contribution in [-0.2, 0) is 0 Å². The van der Waals surface area contributed by atoms with E-state index in [4.69, 9.17) is 0 Å². The van der Waals surface area contributed by atoms with Gasteiger partial charge in [0.15, 0.2) is 0 Å². The number of aromatic amines is 1. The Balaban J connectivity index is 2.55. The highest BCUT2D eigenvalue weighted by Gasteiger charge is 2.00. The van der Waals surface area contributed by atoms with E-state index in [2.05, 4.69) is 30.9 Å². The Labute approximate surface area is 88.2 Å². The number of aromatic nitrogens is 3. The smallest absolute Gasteiger partial charge is 0.266 e. The lowest BCUT2D eigenvalue weighted by molar-refractivity contribution is 1.12. The second-order valence-electron chi connectivity index (χ2n) is 2.66. The molecule has 0 aliphatic rings. The van der Waals surface area contributed by atoms with E-state index in [9.17, 15) is 4.79 Å². The fourth-order valence-electron chi connectivity index (χ4n) is 1.07. The molecule has 0 spiro atoms. The molecule has 0 atom stereocenters. The van der Waals surface area contributed by atoms with E-state index in [1.165, 1.54) is 6.20 Å². The SMILES string of the molecule is O=c1cncc(-c2cccc(Br)n2)[nH]1. The molecule has 70 valence electrons. The monoisotopic (exact) mass is 251 g/mol. The summed E-state index contributed by atoms with van der Waals surface area (Å²) in [7, 11) is 0. The van der Waals surface area contributed by atoms with E-state index >= 15 is 0 Å². The zero-order chi connectivity index (χ0) is 9.97. The highest BCUT2D eigenvalue weighted by atomic mass is 79.9. The fraction of sp³-hybridized carbons (Fsp3) is 0. The second kappa shape index (κ2) is 3.71. The fourth-order valence-corrected chi connectivity index (χ4v) is 1.41. The zero-order valence-corrected chi connectivity index (χ0v) is 8.65. The van der Waals surface area contributed by atoms with Gasteiger partial charge in [-0.1, -0.05) is 6.07 Å². The Kier molecular flexibility index (Phi) is 2.41. The molecule has 14 heavy (non-hydrogen) atoms. The van der Waals surface area contributed by atoms with Gasteiger partial charge in [0.2, 0.25) is 0 Å². The summed E-state index contributed by atoms with van der Waals surface area (Å²) in [5.41, 5.74) is 1.06. The molecule has 0 aromatic carbocycles. The van der Waals surface area contributed by atoms with Crippen molar-refractivity contribution in [3.05, 3.63) is 45.5 Å². The van der Waals surface area contributed by atoms with Crippen molar-refractivity contribution in [1.29, 1.82) is 0 Å². The summed E-state index contributed by atoms with van der Waals surface area (Å²) in [4.78, 5) is 21.6. The van der Waals surface area contributed by atoms with Crippen molar-refractivity contribution in [2.45, 2.75) is 0 Å². The Morgan fingerprint density at radius 2 is 2.14 bits per heavy atom. The third-order valence-electron chi connectivity index (χ3n) is 1.64. The average Bonchev–Trinajstić information content (AvgIpc) is 2.18. The van der Waals surface area contributed by atoms with Gasteiger partial charge in [0, 0.05) is 0 Å². The molecule has 5 heteroatoms. The maximum atomic E-state index is 11.0. The largest absolute Gasteiger partial charge is 0.318 e. The molecular weight excluding hydrogens is 246 g/mol. The van der Waals surface area contributed by atoms with Gasteiger partial charge in [0.25, 0.3) is 5.56 Å². The molecular formula is C9H6BrN3O. The molecule has 0 aliphatic heterocycles. The summed E-state index contributed by atoms with van der Waals surface area (Å²) in [5, 5.41) is 0. The number of pyridine rings is 1. The second-order valence-corrected chi connectivity index (χ2v) is 3.47. The predicted molar refractivity (Wildman–Crippen MR) is 55.8 cm³/mol. The first-order valence-electron chi connectivity index (χ1n) is 3.93. The Hall–Kier alpha value is -1.49. The van der Waals surface area contributed by atoms with Crippen LogP contribution >= 0.6 is 15.9 Å². The minimum absolute atomic E-state index is 0.232. The first kappa shape index (κ1) is 9.08. The molecule has 2 rings (SSSR count). The van der Waals surface area contributed by atoms with Gasteiger partial charge in [-0.2, -0.15) is 0 Å². The van der Waals surface area contributed by atoms with E-state index in [0.717, 1.165) is 4.60 Å². The molecule has 0 fully saturated rings. The van der Waals surface area contributed by atoms with E-state index < -0.39 is 0 Å². The van der Waals surface area contributed by atoms with Crippen LogP contribution in [0.5, 0.6) is 0 Å². The molecule has 0 amide bonds. The summed E-state index contributed by atoms with van der Waals surface area (Å²) in [6, 6.07) is 5.47. The normalized spacial score (nSPS) is 10.1. The molecule has 0 aliphatic carbocycles. The lowest BCUT2D eigenvalue weighted by Gasteiger charge is -1.99. The van der Waals surface area contributed by atoms with Crippen LogP contribution in [0.25, 0.3) is 11.4 Å². The van der Waals surface area contributed by atoms with Crippen LogP contribution in [0.3, 0.4) is 0 Å². The van der Waals surface area contributed by atoms with Crippen molar-refractivity contribution in [2.24, 2.45) is 0 Å². The topological polar surface area (TPSA) is 58.6 Å².